The zero-order valence-electron chi connectivity index (χ0n) is 20.6. The maximum Gasteiger partial charge on any atom is 0.303 e. The highest BCUT2D eigenvalue weighted by atomic mass is 35.5. The molecule has 1 saturated heterocycles. The van der Waals surface area contributed by atoms with Crippen LogP contribution < -0.4 is 4.74 Å². The molecule has 1 fully saturated rings. The predicted octanol–water partition coefficient (Wildman–Crippen LogP) is 6.29. The SMILES string of the molecule is COc1ccc2nccc([C@@H](F)CC[C@@H]3CCN(CC#Cc4ccc(F)c(Cl)c4)C[C@@H]3CC(=O)O)c2c1. The first-order valence-corrected chi connectivity index (χ1v) is 12.7. The first-order valence-electron chi connectivity index (χ1n) is 12.3. The molecule has 3 aromatic rings. The summed E-state index contributed by atoms with van der Waals surface area (Å²) in [6.07, 6.45) is 2.15. The third-order valence-corrected chi connectivity index (χ3v) is 7.27. The van der Waals surface area contributed by atoms with Gasteiger partial charge in [0.2, 0.25) is 0 Å². The number of aromatic nitrogens is 1. The molecule has 5 nitrogen and oxygen atoms in total. The monoisotopic (exact) mass is 526 g/mol. The molecule has 4 rings (SSSR count). The van der Waals surface area contributed by atoms with Gasteiger partial charge in [-0.2, -0.15) is 0 Å². The van der Waals surface area contributed by atoms with Crippen LogP contribution in [0, 0.1) is 29.5 Å². The minimum Gasteiger partial charge on any atom is -0.497 e. The van der Waals surface area contributed by atoms with E-state index < -0.39 is 18.0 Å². The van der Waals surface area contributed by atoms with Crippen molar-refractivity contribution >= 4 is 28.5 Å². The minimum atomic E-state index is -1.19. The average Bonchev–Trinajstić information content (AvgIpc) is 2.89. The van der Waals surface area contributed by atoms with Gasteiger partial charge < -0.3 is 9.84 Å². The fraction of sp³-hybridized carbons (Fsp3) is 0.379. The maximum atomic E-state index is 15.5. The molecule has 194 valence electrons. The summed E-state index contributed by atoms with van der Waals surface area (Å²) < 4.78 is 34.1. The number of rotatable bonds is 8. The minimum absolute atomic E-state index is 0.0270. The smallest absolute Gasteiger partial charge is 0.303 e. The van der Waals surface area contributed by atoms with E-state index in [2.05, 4.69) is 21.7 Å². The Labute approximate surface area is 220 Å². The Morgan fingerprint density at radius 2 is 2.11 bits per heavy atom. The second-order valence-electron chi connectivity index (χ2n) is 9.40. The number of carboxylic acids is 1. The van der Waals surface area contributed by atoms with Crippen molar-refractivity contribution < 1.29 is 23.4 Å². The summed E-state index contributed by atoms with van der Waals surface area (Å²) >= 11 is 5.81. The van der Waals surface area contributed by atoms with E-state index in [9.17, 15) is 14.3 Å². The number of halogens is 3. The molecule has 2 heterocycles. The second kappa shape index (κ2) is 12.4. The van der Waals surface area contributed by atoms with Gasteiger partial charge in [-0.3, -0.25) is 14.7 Å². The van der Waals surface area contributed by atoms with E-state index in [1.165, 1.54) is 12.1 Å². The van der Waals surface area contributed by atoms with Gasteiger partial charge in [0.05, 0.1) is 24.2 Å². The topological polar surface area (TPSA) is 62.7 Å². The van der Waals surface area contributed by atoms with Crippen LogP contribution in [0.3, 0.4) is 0 Å². The fourth-order valence-electron chi connectivity index (χ4n) is 5.03. The zero-order valence-corrected chi connectivity index (χ0v) is 21.3. The van der Waals surface area contributed by atoms with Gasteiger partial charge in [0.1, 0.15) is 17.7 Å². The van der Waals surface area contributed by atoms with E-state index in [1.807, 2.05) is 6.07 Å². The Balaban J connectivity index is 1.39. The number of alkyl halides is 1. The normalized spacial score (nSPS) is 18.7. The van der Waals surface area contributed by atoms with Gasteiger partial charge in [0, 0.05) is 30.1 Å². The van der Waals surface area contributed by atoms with Gasteiger partial charge in [-0.15, -0.1) is 0 Å². The van der Waals surface area contributed by atoms with Crippen molar-refractivity contribution in [3.63, 3.8) is 0 Å². The lowest BCUT2D eigenvalue weighted by molar-refractivity contribution is -0.139. The number of carboxylic acid groups (broad SMARTS) is 1. The van der Waals surface area contributed by atoms with Gasteiger partial charge in [-0.25, -0.2) is 8.78 Å². The second-order valence-corrected chi connectivity index (χ2v) is 9.81. The van der Waals surface area contributed by atoms with E-state index in [-0.39, 0.29) is 23.3 Å². The third-order valence-electron chi connectivity index (χ3n) is 6.98. The molecule has 1 aliphatic heterocycles. The molecular weight excluding hydrogens is 498 g/mol. The summed E-state index contributed by atoms with van der Waals surface area (Å²) in [6.45, 7) is 1.81. The van der Waals surface area contributed by atoms with Crippen LogP contribution in [0.25, 0.3) is 10.9 Å². The van der Waals surface area contributed by atoms with Gasteiger partial charge >= 0.3 is 5.97 Å². The molecule has 0 amide bonds. The quantitative estimate of drug-likeness (QED) is 0.349. The van der Waals surface area contributed by atoms with Crippen LogP contribution in [0.4, 0.5) is 8.78 Å². The zero-order chi connectivity index (χ0) is 26.4. The number of fused-ring (bicyclic) bond motifs is 1. The molecule has 1 aromatic heterocycles. The van der Waals surface area contributed by atoms with E-state index in [1.54, 1.807) is 37.6 Å². The number of aliphatic carboxylic acids is 1. The molecule has 0 radical (unpaired) electrons. The molecule has 0 aliphatic carbocycles. The Morgan fingerprint density at radius 1 is 1.27 bits per heavy atom. The molecule has 0 unspecified atom stereocenters. The van der Waals surface area contributed by atoms with Crippen LogP contribution in [0.15, 0.2) is 48.7 Å². The van der Waals surface area contributed by atoms with E-state index in [0.29, 0.717) is 48.3 Å². The largest absolute Gasteiger partial charge is 0.497 e. The van der Waals surface area contributed by atoms with Crippen molar-refractivity contribution in [3.05, 3.63) is 70.6 Å². The van der Waals surface area contributed by atoms with Crippen LogP contribution in [0.1, 0.15) is 43.0 Å². The molecule has 0 saturated carbocycles. The number of hydrogen-bond donors (Lipinski definition) is 1. The van der Waals surface area contributed by atoms with E-state index in [4.69, 9.17) is 16.3 Å². The summed E-state index contributed by atoms with van der Waals surface area (Å²) in [5.74, 6) is 5.39. The summed E-state index contributed by atoms with van der Waals surface area (Å²) in [6, 6.07) is 11.5. The van der Waals surface area contributed by atoms with Crippen molar-refractivity contribution in [2.45, 2.75) is 31.9 Å². The van der Waals surface area contributed by atoms with Crippen LogP contribution in [-0.4, -0.2) is 47.7 Å². The van der Waals surface area contributed by atoms with Crippen LogP contribution in [-0.2, 0) is 4.79 Å². The van der Waals surface area contributed by atoms with Crippen LogP contribution in [0.5, 0.6) is 5.75 Å². The lowest BCUT2D eigenvalue weighted by atomic mass is 9.79. The highest BCUT2D eigenvalue weighted by Crippen LogP contribution is 2.36. The van der Waals surface area contributed by atoms with Gasteiger partial charge in [-0.1, -0.05) is 23.4 Å². The summed E-state index contributed by atoms with van der Waals surface area (Å²) in [5.41, 5.74) is 1.91. The highest BCUT2D eigenvalue weighted by Gasteiger charge is 2.31. The lowest BCUT2D eigenvalue weighted by Crippen LogP contribution is -2.41. The number of nitrogens with zero attached hydrogens (tertiary/aromatic N) is 2. The molecule has 3 atom stereocenters. The number of ether oxygens (including phenoxy) is 1. The molecular formula is C29H29ClF2N2O3. The number of hydrogen-bond acceptors (Lipinski definition) is 4. The van der Waals surface area contributed by atoms with E-state index >= 15 is 4.39 Å². The van der Waals surface area contributed by atoms with Crippen LogP contribution >= 0.6 is 11.6 Å². The number of likely N-dealkylation sites (tertiary alicyclic amines) is 1. The molecule has 37 heavy (non-hydrogen) atoms. The number of piperidine rings is 1. The van der Waals surface area contributed by atoms with Gasteiger partial charge in [-0.05, 0) is 85.7 Å². The first kappa shape index (κ1) is 26.8. The molecule has 0 spiro atoms. The molecule has 1 aliphatic rings. The standard InChI is InChI=1S/C29H29ClF2N2O3/c1-37-22-6-9-28-24(17-22)23(10-12-33-28)26(31)8-5-20-11-14-34(18-21(20)16-29(35)36)13-2-3-19-4-7-27(32)25(30)15-19/h4,6-7,9-10,12,15,17,20-21,26H,5,8,11,13-14,16,18H2,1H3,(H,35,36)/t20-,21+,26+/m1/s1. The number of carbonyl (C=O) groups is 1. The Bertz CT molecular complexity index is 1320. The molecule has 8 heteroatoms. The Morgan fingerprint density at radius 3 is 2.86 bits per heavy atom. The Kier molecular flexibility index (Phi) is 8.96. The average molecular weight is 527 g/mol. The van der Waals surface area contributed by atoms with Crippen molar-refractivity contribution in [1.82, 2.24) is 9.88 Å². The summed E-state index contributed by atoms with van der Waals surface area (Å²) in [4.78, 5) is 18.0. The number of benzene rings is 2. The number of methoxy groups -OCH3 is 1. The van der Waals surface area contributed by atoms with Gasteiger partial charge in [0.15, 0.2) is 0 Å². The maximum absolute atomic E-state index is 15.5. The van der Waals surface area contributed by atoms with Crippen LogP contribution in [0.2, 0.25) is 5.02 Å². The first-order chi connectivity index (χ1) is 17.8. The van der Waals surface area contributed by atoms with E-state index in [0.717, 1.165) is 18.4 Å². The molecule has 0 bridgehead atoms. The van der Waals surface area contributed by atoms with Crippen molar-refractivity contribution in [3.8, 4) is 17.6 Å². The summed E-state index contributed by atoms with van der Waals surface area (Å²) in [7, 11) is 1.57. The Hall–Kier alpha value is -3.21. The molecule has 2 aromatic carbocycles. The van der Waals surface area contributed by atoms with Gasteiger partial charge in [0.25, 0.3) is 0 Å². The predicted molar refractivity (Wildman–Crippen MR) is 140 cm³/mol. The van der Waals surface area contributed by atoms with Crippen molar-refractivity contribution in [1.29, 1.82) is 0 Å². The highest BCUT2D eigenvalue weighted by molar-refractivity contribution is 6.30. The fourth-order valence-corrected chi connectivity index (χ4v) is 5.21. The van der Waals surface area contributed by atoms with Crippen molar-refractivity contribution in [2.75, 3.05) is 26.7 Å². The number of pyridine rings is 1. The lowest BCUT2D eigenvalue weighted by Gasteiger charge is -2.37. The van der Waals surface area contributed by atoms with Crippen molar-refractivity contribution in [2.24, 2.45) is 11.8 Å². The molecule has 1 N–H and O–H groups in total. The third kappa shape index (κ3) is 6.97. The summed E-state index contributed by atoms with van der Waals surface area (Å²) in [5, 5.41) is 10.2.